The van der Waals surface area contributed by atoms with Gasteiger partial charge in [0.2, 0.25) is 0 Å². The third-order valence-corrected chi connectivity index (χ3v) is 6.95. The molecule has 29 heavy (non-hydrogen) atoms. The predicted molar refractivity (Wildman–Crippen MR) is 129 cm³/mol. The summed E-state index contributed by atoms with van der Waals surface area (Å²) >= 11 is 0. The minimum atomic E-state index is -0.133. The molecule has 176 valence electrons. The van der Waals surface area contributed by atoms with Gasteiger partial charge in [0.05, 0.1) is 6.67 Å². The molecule has 0 aromatic rings. The van der Waals surface area contributed by atoms with Gasteiger partial charge in [-0.05, 0) is 31.1 Å². The van der Waals surface area contributed by atoms with E-state index in [1.807, 2.05) is 0 Å². The lowest BCUT2D eigenvalue weighted by atomic mass is 9.80. The molecule has 0 heterocycles. The Kier molecular flexibility index (Phi) is 22.5. The van der Waals surface area contributed by atoms with E-state index in [1.54, 1.807) is 0 Å². The van der Waals surface area contributed by atoms with E-state index in [9.17, 15) is 4.39 Å². The van der Waals surface area contributed by atoms with Crippen molar-refractivity contribution < 1.29 is 9.13 Å². The summed E-state index contributed by atoms with van der Waals surface area (Å²) in [6, 6.07) is 0. The zero-order valence-corrected chi connectivity index (χ0v) is 20.5. The zero-order valence-electron chi connectivity index (χ0n) is 20.5. The van der Waals surface area contributed by atoms with Gasteiger partial charge in [-0.3, -0.25) is 4.39 Å². The number of rotatable bonds is 24. The first kappa shape index (κ1) is 28.9. The first-order valence-corrected chi connectivity index (χ1v) is 13.3. The molecule has 0 aliphatic heterocycles. The monoisotopic (exact) mass is 414 g/mol. The molecule has 2 heteroatoms. The normalized spacial score (nSPS) is 12.0. The van der Waals surface area contributed by atoms with E-state index in [0.29, 0.717) is 5.41 Å². The van der Waals surface area contributed by atoms with Crippen LogP contribution in [0.1, 0.15) is 149 Å². The van der Waals surface area contributed by atoms with Crippen LogP contribution in [0.2, 0.25) is 0 Å². The van der Waals surface area contributed by atoms with Crippen molar-refractivity contribution in [1.29, 1.82) is 0 Å². The van der Waals surface area contributed by atoms with Crippen LogP contribution in [0.3, 0.4) is 0 Å². The van der Waals surface area contributed by atoms with E-state index in [-0.39, 0.29) is 6.67 Å². The lowest BCUT2D eigenvalue weighted by Gasteiger charge is -2.26. The third kappa shape index (κ3) is 20.9. The molecule has 0 aliphatic rings. The van der Waals surface area contributed by atoms with Crippen LogP contribution in [0, 0.1) is 5.41 Å². The molecule has 0 bridgehead atoms. The fraction of sp³-hybridized carbons (Fsp3) is 1.00. The Morgan fingerprint density at radius 3 is 1.24 bits per heavy atom. The molecule has 0 unspecified atom stereocenters. The maximum absolute atomic E-state index is 12.0. The number of ether oxygens (including phenoxy) is 1. The van der Waals surface area contributed by atoms with Gasteiger partial charge in [0, 0.05) is 13.2 Å². The van der Waals surface area contributed by atoms with Gasteiger partial charge in [-0.25, -0.2) is 0 Å². The molecule has 0 rings (SSSR count). The highest BCUT2D eigenvalue weighted by Crippen LogP contribution is 2.30. The van der Waals surface area contributed by atoms with E-state index in [2.05, 4.69) is 20.8 Å². The fourth-order valence-corrected chi connectivity index (χ4v) is 4.08. The highest BCUT2D eigenvalue weighted by molar-refractivity contribution is 4.70. The largest absolute Gasteiger partial charge is 0.381 e. The third-order valence-electron chi connectivity index (χ3n) is 6.95. The number of alkyl halides is 1. The molecule has 0 saturated carbocycles. The summed E-state index contributed by atoms with van der Waals surface area (Å²) < 4.78 is 17.8. The first-order chi connectivity index (χ1) is 14.2. The van der Waals surface area contributed by atoms with Crippen LogP contribution < -0.4 is 0 Å². The molecule has 0 aromatic heterocycles. The summed E-state index contributed by atoms with van der Waals surface area (Å²) in [6.45, 7) is 8.82. The second-order valence-corrected chi connectivity index (χ2v) is 9.58. The van der Waals surface area contributed by atoms with E-state index in [4.69, 9.17) is 4.74 Å². The second kappa shape index (κ2) is 22.6. The molecule has 0 atom stereocenters. The van der Waals surface area contributed by atoms with Gasteiger partial charge in [-0.1, -0.05) is 124 Å². The quantitative estimate of drug-likeness (QED) is 0.143. The SMILES string of the molecule is CCC(C)(CC)CCCOCCCCCCCCCCCCCCCCCCF. The summed E-state index contributed by atoms with van der Waals surface area (Å²) in [5, 5.41) is 0. The molecular formula is C27H55FO. The average molecular weight is 415 g/mol. The predicted octanol–water partition coefficient (Wildman–Crippen LogP) is 9.82. The summed E-state index contributed by atoms with van der Waals surface area (Å²) in [7, 11) is 0. The van der Waals surface area contributed by atoms with E-state index < -0.39 is 0 Å². The van der Waals surface area contributed by atoms with Crippen LogP contribution in [0.4, 0.5) is 4.39 Å². The lowest BCUT2D eigenvalue weighted by Crippen LogP contribution is -2.14. The maximum atomic E-state index is 12.0. The van der Waals surface area contributed by atoms with Gasteiger partial charge in [0.25, 0.3) is 0 Å². The highest BCUT2D eigenvalue weighted by atomic mass is 19.1. The van der Waals surface area contributed by atoms with Gasteiger partial charge in [0.1, 0.15) is 0 Å². The summed E-state index contributed by atoms with van der Waals surface area (Å²) in [4.78, 5) is 0. The van der Waals surface area contributed by atoms with Crippen LogP contribution >= 0.6 is 0 Å². The molecule has 0 saturated heterocycles. The molecule has 1 nitrogen and oxygen atoms in total. The molecule has 0 fully saturated rings. The van der Waals surface area contributed by atoms with Crippen molar-refractivity contribution in [3.8, 4) is 0 Å². The molecule has 0 N–H and O–H groups in total. The van der Waals surface area contributed by atoms with Crippen LogP contribution in [-0.4, -0.2) is 19.9 Å². The maximum Gasteiger partial charge on any atom is 0.0894 e. The molecule has 0 radical (unpaired) electrons. The van der Waals surface area contributed by atoms with Crippen molar-refractivity contribution in [1.82, 2.24) is 0 Å². The van der Waals surface area contributed by atoms with Crippen LogP contribution in [-0.2, 0) is 4.74 Å². The van der Waals surface area contributed by atoms with Crippen molar-refractivity contribution in [2.75, 3.05) is 19.9 Å². The second-order valence-electron chi connectivity index (χ2n) is 9.58. The van der Waals surface area contributed by atoms with Crippen LogP contribution in [0.5, 0.6) is 0 Å². The molecule has 0 amide bonds. The van der Waals surface area contributed by atoms with Crippen molar-refractivity contribution in [2.45, 2.75) is 149 Å². The Morgan fingerprint density at radius 2 is 0.862 bits per heavy atom. The Hall–Kier alpha value is -0.110. The van der Waals surface area contributed by atoms with E-state index >= 15 is 0 Å². The first-order valence-electron chi connectivity index (χ1n) is 13.3. The van der Waals surface area contributed by atoms with E-state index in [1.165, 1.54) is 116 Å². The smallest absolute Gasteiger partial charge is 0.0894 e. The van der Waals surface area contributed by atoms with Crippen molar-refractivity contribution in [2.24, 2.45) is 5.41 Å². The number of halogens is 1. The Morgan fingerprint density at radius 1 is 0.517 bits per heavy atom. The lowest BCUT2D eigenvalue weighted by molar-refractivity contribution is 0.113. The highest BCUT2D eigenvalue weighted by Gasteiger charge is 2.18. The standard InChI is InChI=1S/C27H55FO/c1-4-27(3,5-2)23-22-26-29-25-21-19-17-15-13-11-9-7-6-8-10-12-14-16-18-20-24-28/h4-26H2,1-3H3. The minimum Gasteiger partial charge on any atom is -0.381 e. The Bertz CT molecular complexity index is 301. The van der Waals surface area contributed by atoms with Gasteiger partial charge < -0.3 is 4.74 Å². The number of hydrogen-bond acceptors (Lipinski definition) is 1. The van der Waals surface area contributed by atoms with Gasteiger partial charge in [-0.15, -0.1) is 0 Å². The van der Waals surface area contributed by atoms with Crippen LogP contribution in [0.15, 0.2) is 0 Å². The van der Waals surface area contributed by atoms with Gasteiger partial charge in [-0.2, -0.15) is 0 Å². The van der Waals surface area contributed by atoms with Gasteiger partial charge >= 0.3 is 0 Å². The molecule has 0 aliphatic carbocycles. The topological polar surface area (TPSA) is 9.23 Å². The molecule has 0 spiro atoms. The minimum absolute atomic E-state index is 0.133. The fourth-order valence-electron chi connectivity index (χ4n) is 4.08. The average Bonchev–Trinajstić information content (AvgIpc) is 2.74. The van der Waals surface area contributed by atoms with E-state index in [0.717, 1.165) is 26.1 Å². The summed E-state index contributed by atoms with van der Waals surface area (Å²) in [5.74, 6) is 0. The molecule has 0 aromatic carbocycles. The number of unbranched alkanes of at least 4 members (excludes halogenated alkanes) is 15. The number of hydrogen-bond donors (Lipinski definition) is 0. The summed E-state index contributed by atoms with van der Waals surface area (Å²) in [5.41, 5.74) is 0.529. The Balaban J connectivity index is 3.10. The van der Waals surface area contributed by atoms with Crippen molar-refractivity contribution in [3.05, 3.63) is 0 Å². The summed E-state index contributed by atoms with van der Waals surface area (Å²) in [6.07, 6.45) is 26.1. The molecular weight excluding hydrogens is 359 g/mol. The Labute approximate surface area is 184 Å². The van der Waals surface area contributed by atoms with Gasteiger partial charge in [0.15, 0.2) is 0 Å². The van der Waals surface area contributed by atoms with Crippen molar-refractivity contribution >= 4 is 0 Å². The van der Waals surface area contributed by atoms with Crippen LogP contribution in [0.25, 0.3) is 0 Å². The zero-order chi connectivity index (χ0) is 21.5. The van der Waals surface area contributed by atoms with Crippen molar-refractivity contribution in [3.63, 3.8) is 0 Å².